The van der Waals surface area contributed by atoms with Gasteiger partial charge in [-0.2, -0.15) is 0 Å². The van der Waals surface area contributed by atoms with Crippen LogP contribution in [0.5, 0.6) is 11.5 Å². The topological polar surface area (TPSA) is 21.3 Å². The second kappa shape index (κ2) is 6.53. The monoisotopic (exact) mass is 273 g/mol. The molecule has 0 saturated heterocycles. The summed E-state index contributed by atoms with van der Waals surface area (Å²) in [6.07, 6.45) is 1.04. The number of halogens is 1. The minimum absolute atomic E-state index is 0.215. The quantitative estimate of drug-likeness (QED) is 0.859. The number of ether oxygens (including phenoxy) is 1. The first-order valence-corrected chi connectivity index (χ1v) is 6.85. The summed E-state index contributed by atoms with van der Waals surface area (Å²) >= 11 is 0. The van der Waals surface area contributed by atoms with Crippen molar-refractivity contribution in [3.05, 3.63) is 59.4 Å². The van der Waals surface area contributed by atoms with Crippen molar-refractivity contribution in [1.29, 1.82) is 0 Å². The lowest BCUT2D eigenvalue weighted by Gasteiger charge is -2.15. The predicted molar refractivity (Wildman–Crippen MR) is 79.7 cm³/mol. The van der Waals surface area contributed by atoms with Crippen LogP contribution in [0.25, 0.3) is 0 Å². The summed E-state index contributed by atoms with van der Waals surface area (Å²) in [4.78, 5) is 0. The first kappa shape index (κ1) is 14.5. The van der Waals surface area contributed by atoms with Gasteiger partial charge in [-0.3, -0.25) is 0 Å². The molecule has 0 aliphatic carbocycles. The van der Waals surface area contributed by atoms with Crippen LogP contribution in [0.3, 0.4) is 0 Å². The van der Waals surface area contributed by atoms with Crippen LogP contribution in [0, 0.1) is 12.7 Å². The summed E-state index contributed by atoms with van der Waals surface area (Å²) in [6.45, 7) is 3.87. The summed E-state index contributed by atoms with van der Waals surface area (Å²) in [5, 5.41) is 3.27. The van der Waals surface area contributed by atoms with E-state index in [9.17, 15) is 4.39 Å². The molecule has 0 heterocycles. The minimum Gasteiger partial charge on any atom is -0.457 e. The third kappa shape index (κ3) is 3.36. The number of nitrogens with one attached hydrogen (secondary N) is 1. The molecular weight excluding hydrogens is 253 g/mol. The Morgan fingerprint density at radius 1 is 1.10 bits per heavy atom. The van der Waals surface area contributed by atoms with Crippen LogP contribution in [-0.4, -0.2) is 7.05 Å². The maximum Gasteiger partial charge on any atom is 0.127 e. The van der Waals surface area contributed by atoms with Crippen molar-refractivity contribution in [3.8, 4) is 11.5 Å². The van der Waals surface area contributed by atoms with Gasteiger partial charge in [-0.25, -0.2) is 4.39 Å². The molecule has 1 atom stereocenters. The van der Waals surface area contributed by atoms with Crippen LogP contribution in [0.4, 0.5) is 4.39 Å². The van der Waals surface area contributed by atoms with Gasteiger partial charge in [0.05, 0.1) is 0 Å². The molecule has 0 aliphatic rings. The third-order valence-corrected chi connectivity index (χ3v) is 3.40. The lowest BCUT2D eigenvalue weighted by atomic mass is 10.0. The van der Waals surface area contributed by atoms with Crippen molar-refractivity contribution in [3.63, 3.8) is 0 Å². The molecule has 0 aromatic heterocycles. The zero-order valence-electron chi connectivity index (χ0n) is 12.1. The van der Waals surface area contributed by atoms with Gasteiger partial charge in [0.25, 0.3) is 0 Å². The van der Waals surface area contributed by atoms with E-state index in [1.165, 1.54) is 11.6 Å². The zero-order chi connectivity index (χ0) is 14.5. The van der Waals surface area contributed by atoms with Gasteiger partial charge in [-0.05, 0) is 61.9 Å². The van der Waals surface area contributed by atoms with E-state index >= 15 is 0 Å². The van der Waals surface area contributed by atoms with E-state index < -0.39 is 0 Å². The van der Waals surface area contributed by atoms with E-state index in [1.54, 1.807) is 19.1 Å². The SMILES string of the molecule is CCC(NC)c1ccc(Oc2ccc(F)c(C)c2)cc1. The van der Waals surface area contributed by atoms with Gasteiger partial charge >= 0.3 is 0 Å². The molecule has 1 N–H and O–H groups in total. The van der Waals surface area contributed by atoms with Gasteiger partial charge in [0, 0.05) is 6.04 Å². The van der Waals surface area contributed by atoms with Gasteiger partial charge in [0.1, 0.15) is 17.3 Å². The molecule has 0 spiro atoms. The Morgan fingerprint density at radius 3 is 2.30 bits per heavy atom. The molecule has 0 aliphatic heterocycles. The van der Waals surface area contributed by atoms with Crippen LogP contribution < -0.4 is 10.1 Å². The Hall–Kier alpha value is -1.87. The fourth-order valence-corrected chi connectivity index (χ4v) is 2.19. The molecule has 20 heavy (non-hydrogen) atoms. The van der Waals surface area contributed by atoms with Crippen LogP contribution in [-0.2, 0) is 0 Å². The molecule has 3 heteroatoms. The third-order valence-electron chi connectivity index (χ3n) is 3.40. The smallest absolute Gasteiger partial charge is 0.127 e. The Kier molecular flexibility index (Phi) is 4.74. The summed E-state index contributed by atoms with van der Waals surface area (Å²) in [6, 6.07) is 13.1. The molecule has 2 rings (SSSR count). The highest BCUT2D eigenvalue weighted by atomic mass is 19.1. The molecular formula is C17H20FNO. The van der Waals surface area contributed by atoms with Gasteiger partial charge in [0.15, 0.2) is 0 Å². The number of aryl methyl sites for hydroxylation is 1. The molecule has 0 amide bonds. The number of rotatable bonds is 5. The lowest BCUT2D eigenvalue weighted by molar-refractivity contribution is 0.478. The molecule has 106 valence electrons. The predicted octanol–water partition coefficient (Wildman–Crippen LogP) is 4.60. The molecule has 2 aromatic rings. The maximum absolute atomic E-state index is 13.2. The van der Waals surface area contributed by atoms with Crippen LogP contribution in [0.2, 0.25) is 0 Å². The first-order chi connectivity index (χ1) is 9.63. The van der Waals surface area contributed by atoms with Crippen LogP contribution in [0.15, 0.2) is 42.5 Å². The number of hydrogen-bond donors (Lipinski definition) is 1. The molecule has 0 radical (unpaired) electrons. The zero-order valence-corrected chi connectivity index (χ0v) is 12.1. The maximum atomic E-state index is 13.2. The summed E-state index contributed by atoms with van der Waals surface area (Å²) < 4.78 is 18.9. The van der Waals surface area contributed by atoms with Gasteiger partial charge in [-0.1, -0.05) is 19.1 Å². The molecule has 0 bridgehead atoms. The van der Waals surface area contributed by atoms with Crippen molar-refractivity contribution in [2.45, 2.75) is 26.3 Å². The van der Waals surface area contributed by atoms with Gasteiger partial charge in [-0.15, -0.1) is 0 Å². The highest BCUT2D eigenvalue weighted by Crippen LogP contribution is 2.25. The van der Waals surface area contributed by atoms with E-state index in [0.717, 1.165) is 12.2 Å². The molecule has 0 fully saturated rings. The van der Waals surface area contributed by atoms with E-state index in [0.29, 0.717) is 17.4 Å². The summed E-state index contributed by atoms with van der Waals surface area (Å²) in [7, 11) is 1.96. The second-order valence-corrected chi connectivity index (χ2v) is 4.83. The van der Waals surface area contributed by atoms with E-state index in [-0.39, 0.29) is 5.82 Å². The average Bonchev–Trinajstić information content (AvgIpc) is 2.46. The van der Waals surface area contributed by atoms with E-state index in [2.05, 4.69) is 24.4 Å². The fraction of sp³-hybridized carbons (Fsp3) is 0.294. The number of hydrogen-bond acceptors (Lipinski definition) is 2. The summed E-state index contributed by atoms with van der Waals surface area (Å²) in [5.41, 5.74) is 1.82. The summed E-state index contributed by atoms with van der Waals surface area (Å²) in [5.74, 6) is 1.19. The Morgan fingerprint density at radius 2 is 1.75 bits per heavy atom. The van der Waals surface area contributed by atoms with Crippen LogP contribution in [0.1, 0.15) is 30.5 Å². The Bertz CT molecular complexity index is 562. The second-order valence-electron chi connectivity index (χ2n) is 4.83. The van der Waals surface area contributed by atoms with Crippen molar-refractivity contribution in [2.24, 2.45) is 0 Å². The molecule has 2 aromatic carbocycles. The normalized spacial score (nSPS) is 12.2. The van der Waals surface area contributed by atoms with Crippen molar-refractivity contribution >= 4 is 0 Å². The molecule has 0 saturated carbocycles. The fourth-order valence-electron chi connectivity index (χ4n) is 2.19. The van der Waals surface area contributed by atoms with Crippen molar-refractivity contribution in [2.75, 3.05) is 7.05 Å². The Balaban J connectivity index is 2.12. The molecule has 2 nitrogen and oxygen atoms in total. The standard InChI is InChI=1S/C17H20FNO/c1-4-17(19-3)13-5-7-14(8-6-13)20-15-9-10-16(18)12(2)11-15/h5-11,17,19H,4H2,1-3H3. The Labute approximate surface area is 119 Å². The minimum atomic E-state index is -0.215. The van der Waals surface area contributed by atoms with Gasteiger partial charge in [0.2, 0.25) is 0 Å². The van der Waals surface area contributed by atoms with Crippen molar-refractivity contribution in [1.82, 2.24) is 5.32 Å². The number of benzene rings is 2. The highest BCUT2D eigenvalue weighted by Gasteiger charge is 2.07. The molecule has 1 unspecified atom stereocenters. The lowest BCUT2D eigenvalue weighted by Crippen LogP contribution is -2.14. The average molecular weight is 273 g/mol. The van der Waals surface area contributed by atoms with Crippen molar-refractivity contribution < 1.29 is 9.13 Å². The van der Waals surface area contributed by atoms with Gasteiger partial charge < -0.3 is 10.1 Å². The van der Waals surface area contributed by atoms with Crippen LogP contribution >= 0.6 is 0 Å². The largest absolute Gasteiger partial charge is 0.457 e. The highest BCUT2D eigenvalue weighted by molar-refractivity contribution is 5.36. The first-order valence-electron chi connectivity index (χ1n) is 6.85. The van der Waals surface area contributed by atoms with E-state index in [4.69, 9.17) is 4.74 Å². The van der Waals surface area contributed by atoms with E-state index in [1.807, 2.05) is 19.2 Å².